The Kier molecular flexibility index (Phi) is 3.99. The average molecular weight is 371 g/mol. The number of aliphatic hydroxyl groups is 1. The number of benzene rings is 1. The number of hydrogen-bond acceptors (Lipinski definition) is 6. The Morgan fingerprint density at radius 3 is 2.86 bits per heavy atom. The van der Waals surface area contributed by atoms with E-state index in [0.717, 1.165) is 22.2 Å². The summed E-state index contributed by atoms with van der Waals surface area (Å²) in [4.78, 5) is 8.44. The normalized spacial score (nSPS) is 12.5. The number of nitrogens with one attached hydrogen (secondary N) is 1. The van der Waals surface area contributed by atoms with E-state index >= 15 is 0 Å². The average Bonchev–Trinajstić information content (AvgIpc) is 3.36. The number of fused-ring (bicyclic) bond motifs is 2. The van der Waals surface area contributed by atoms with Gasteiger partial charge in [0.15, 0.2) is 11.4 Å². The van der Waals surface area contributed by atoms with Crippen molar-refractivity contribution < 1.29 is 9.52 Å². The number of para-hydroxylation sites is 1. The van der Waals surface area contributed by atoms with Crippen LogP contribution in [0.5, 0.6) is 0 Å². The second-order valence-electron chi connectivity index (χ2n) is 6.46. The third-order valence-electron chi connectivity index (χ3n) is 4.59. The molecule has 0 saturated carbocycles. The van der Waals surface area contributed by atoms with Gasteiger partial charge in [-0.25, -0.2) is 9.50 Å². The van der Waals surface area contributed by atoms with Crippen molar-refractivity contribution >= 4 is 22.4 Å². The molecule has 0 aliphatic carbocycles. The van der Waals surface area contributed by atoms with Crippen LogP contribution in [0.4, 0.5) is 5.82 Å². The molecule has 0 aliphatic heterocycles. The molecule has 7 heteroatoms. The lowest BCUT2D eigenvalue weighted by Crippen LogP contribution is -2.14. The minimum atomic E-state index is -0.677. The molecule has 0 radical (unpaired) electrons. The van der Waals surface area contributed by atoms with Crippen molar-refractivity contribution in [2.45, 2.75) is 6.10 Å². The summed E-state index contributed by atoms with van der Waals surface area (Å²) in [6.07, 6.45) is 4.40. The van der Waals surface area contributed by atoms with Gasteiger partial charge in [0.25, 0.3) is 0 Å². The minimum Gasteiger partial charge on any atom is -0.454 e. The van der Waals surface area contributed by atoms with E-state index in [1.807, 2.05) is 48.5 Å². The summed E-state index contributed by atoms with van der Waals surface area (Å²) in [7, 11) is 0. The molecule has 1 aromatic carbocycles. The molecule has 0 bridgehead atoms. The summed E-state index contributed by atoms with van der Waals surface area (Å²) in [6, 6.07) is 17.2. The molecule has 7 nitrogen and oxygen atoms in total. The van der Waals surface area contributed by atoms with Crippen LogP contribution in [-0.2, 0) is 0 Å². The van der Waals surface area contributed by atoms with Gasteiger partial charge < -0.3 is 14.8 Å². The Hall–Kier alpha value is -3.71. The van der Waals surface area contributed by atoms with E-state index in [0.29, 0.717) is 23.8 Å². The highest BCUT2D eigenvalue weighted by Crippen LogP contribution is 2.28. The summed E-state index contributed by atoms with van der Waals surface area (Å²) in [5, 5.41) is 19.1. The molecule has 0 aliphatic rings. The Morgan fingerprint density at radius 2 is 2.00 bits per heavy atom. The molecule has 5 aromatic rings. The van der Waals surface area contributed by atoms with Crippen LogP contribution in [-0.4, -0.2) is 31.2 Å². The van der Waals surface area contributed by atoms with Crippen molar-refractivity contribution in [1.29, 1.82) is 0 Å². The lowest BCUT2D eigenvalue weighted by Gasteiger charge is -2.12. The van der Waals surface area contributed by atoms with Gasteiger partial charge in [-0.2, -0.15) is 0 Å². The maximum absolute atomic E-state index is 10.3. The van der Waals surface area contributed by atoms with Crippen LogP contribution in [0.1, 0.15) is 11.7 Å². The Bertz CT molecular complexity index is 1210. The van der Waals surface area contributed by atoms with Crippen molar-refractivity contribution in [3.63, 3.8) is 0 Å². The number of furan rings is 1. The zero-order valence-electron chi connectivity index (χ0n) is 14.9. The van der Waals surface area contributed by atoms with Crippen LogP contribution in [0.25, 0.3) is 28.1 Å². The van der Waals surface area contributed by atoms with E-state index in [-0.39, 0.29) is 0 Å². The van der Waals surface area contributed by atoms with E-state index in [9.17, 15) is 5.11 Å². The molecule has 4 aromatic heterocycles. The molecule has 1 atom stereocenters. The first kappa shape index (κ1) is 16.5. The number of aliphatic hydroxyl groups excluding tert-OH is 1. The summed E-state index contributed by atoms with van der Waals surface area (Å²) in [5.41, 5.74) is 3.06. The van der Waals surface area contributed by atoms with E-state index in [1.54, 1.807) is 29.2 Å². The van der Waals surface area contributed by atoms with E-state index in [1.165, 1.54) is 0 Å². The molecule has 0 unspecified atom stereocenters. The largest absolute Gasteiger partial charge is 0.454 e. The zero-order valence-corrected chi connectivity index (χ0v) is 14.9. The Morgan fingerprint density at radius 1 is 1.07 bits per heavy atom. The molecule has 138 valence electrons. The van der Waals surface area contributed by atoms with Crippen LogP contribution in [0, 0.1) is 0 Å². The van der Waals surface area contributed by atoms with Crippen molar-refractivity contribution in [3.8, 4) is 11.5 Å². The number of aromatic nitrogens is 4. The minimum absolute atomic E-state index is 0.318. The maximum atomic E-state index is 10.3. The first-order chi connectivity index (χ1) is 13.8. The fraction of sp³-hybridized carbons (Fsp3) is 0.0952. The SMILES string of the molecule is O[C@@H](CNc1ccc2ncc(-c3cc4ccccc4o3)n2n1)c1cccnc1. The molecule has 4 heterocycles. The van der Waals surface area contributed by atoms with Gasteiger partial charge in [0.05, 0.1) is 12.3 Å². The lowest BCUT2D eigenvalue weighted by molar-refractivity contribution is 0.191. The van der Waals surface area contributed by atoms with Crippen molar-refractivity contribution in [2.24, 2.45) is 0 Å². The molecule has 5 rings (SSSR count). The van der Waals surface area contributed by atoms with Crippen molar-refractivity contribution in [2.75, 3.05) is 11.9 Å². The number of pyridine rings is 1. The third-order valence-corrected chi connectivity index (χ3v) is 4.59. The number of imidazole rings is 1. The third kappa shape index (κ3) is 2.97. The van der Waals surface area contributed by atoms with Crippen molar-refractivity contribution in [3.05, 3.63) is 78.8 Å². The molecule has 0 amide bonds. The molecule has 2 N–H and O–H groups in total. The number of rotatable bonds is 5. The van der Waals surface area contributed by atoms with Gasteiger partial charge >= 0.3 is 0 Å². The van der Waals surface area contributed by atoms with E-state index in [2.05, 4.69) is 20.4 Å². The molecular weight excluding hydrogens is 354 g/mol. The van der Waals surface area contributed by atoms with Gasteiger partial charge in [-0.3, -0.25) is 4.98 Å². The van der Waals surface area contributed by atoms with Gasteiger partial charge in [0.1, 0.15) is 17.1 Å². The van der Waals surface area contributed by atoms with Gasteiger partial charge in [0.2, 0.25) is 0 Å². The molecule has 0 fully saturated rings. The number of hydrogen-bond donors (Lipinski definition) is 2. The first-order valence-electron chi connectivity index (χ1n) is 8.93. The summed E-state index contributed by atoms with van der Waals surface area (Å²) in [5.74, 6) is 1.33. The van der Waals surface area contributed by atoms with Gasteiger partial charge in [-0.05, 0) is 30.3 Å². The first-order valence-corrected chi connectivity index (χ1v) is 8.93. The second kappa shape index (κ2) is 6.79. The highest BCUT2D eigenvalue weighted by Gasteiger charge is 2.13. The fourth-order valence-electron chi connectivity index (χ4n) is 3.14. The fourth-order valence-corrected chi connectivity index (χ4v) is 3.14. The van der Waals surface area contributed by atoms with Crippen molar-refractivity contribution in [1.82, 2.24) is 19.6 Å². The maximum Gasteiger partial charge on any atom is 0.155 e. The Labute approximate surface area is 160 Å². The highest BCUT2D eigenvalue weighted by atomic mass is 16.3. The summed E-state index contributed by atoms with van der Waals surface area (Å²) >= 11 is 0. The second-order valence-corrected chi connectivity index (χ2v) is 6.46. The zero-order chi connectivity index (χ0) is 18.9. The number of nitrogens with zero attached hydrogens (tertiary/aromatic N) is 4. The standard InChI is InChI=1S/C21H17N5O2/c27-17(15-5-3-9-22-11-15)13-23-20-7-8-21-24-12-16(26(21)25-20)19-10-14-4-1-2-6-18(14)28-19/h1-12,17,27H,13H2,(H,23,25)/t17-/m0/s1. The van der Waals surface area contributed by atoms with E-state index in [4.69, 9.17) is 4.42 Å². The highest BCUT2D eigenvalue weighted by molar-refractivity contribution is 5.82. The molecule has 0 spiro atoms. The Balaban J connectivity index is 1.43. The topological polar surface area (TPSA) is 88.5 Å². The smallest absolute Gasteiger partial charge is 0.155 e. The predicted octanol–water partition coefficient (Wildman–Crippen LogP) is 3.68. The van der Waals surface area contributed by atoms with Gasteiger partial charge in [-0.15, -0.1) is 5.10 Å². The van der Waals surface area contributed by atoms with E-state index < -0.39 is 6.10 Å². The van der Waals surface area contributed by atoms with Crippen LogP contribution in [0.2, 0.25) is 0 Å². The molecule has 0 saturated heterocycles. The molecule has 28 heavy (non-hydrogen) atoms. The number of anilines is 1. The predicted molar refractivity (Wildman–Crippen MR) is 106 cm³/mol. The van der Waals surface area contributed by atoms with Crippen LogP contribution in [0.3, 0.4) is 0 Å². The van der Waals surface area contributed by atoms with Gasteiger partial charge in [-0.1, -0.05) is 24.3 Å². The quantitative estimate of drug-likeness (QED) is 0.490. The lowest BCUT2D eigenvalue weighted by atomic mass is 10.1. The summed E-state index contributed by atoms with van der Waals surface area (Å²) in [6.45, 7) is 0.318. The van der Waals surface area contributed by atoms with Gasteiger partial charge in [0, 0.05) is 29.9 Å². The summed E-state index contributed by atoms with van der Waals surface area (Å²) < 4.78 is 7.68. The molecular formula is C21H17N5O2. The van der Waals surface area contributed by atoms with Crippen LogP contribution >= 0.6 is 0 Å². The van der Waals surface area contributed by atoms with Crippen LogP contribution in [0.15, 0.2) is 77.6 Å². The monoisotopic (exact) mass is 371 g/mol. The van der Waals surface area contributed by atoms with Crippen LogP contribution < -0.4 is 5.32 Å².